The lowest BCUT2D eigenvalue weighted by molar-refractivity contribution is 0.260. The summed E-state index contributed by atoms with van der Waals surface area (Å²) in [4.78, 5) is 16.0. The average Bonchev–Trinajstić information content (AvgIpc) is 3.98. The van der Waals surface area contributed by atoms with Crippen molar-refractivity contribution in [3.8, 4) is 45.6 Å². The summed E-state index contributed by atoms with van der Waals surface area (Å²) in [7, 11) is 0. The van der Waals surface area contributed by atoms with Crippen LogP contribution in [-0.4, -0.2) is 19.5 Å². The first-order chi connectivity index (χ1) is 28.3. The predicted molar refractivity (Wildman–Crippen MR) is 229 cm³/mol. The molecular formula is C50H31N5O2. The molecule has 7 nitrogen and oxygen atoms in total. The maximum Gasteiger partial charge on any atom is 0.196 e. The molecular weight excluding hydrogens is 703 g/mol. The molecule has 1 aliphatic heterocycles. The van der Waals surface area contributed by atoms with Crippen LogP contribution < -0.4 is 10.1 Å². The highest BCUT2D eigenvalue weighted by Gasteiger charge is 2.29. The van der Waals surface area contributed by atoms with E-state index in [1.165, 1.54) is 0 Å². The van der Waals surface area contributed by atoms with E-state index < -0.39 is 0 Å². The summed E-state index contributed by atoms with van der Waals surface area (Å²) in [6, 6.07) is 60.4. The van der Waals surface area contributed by atoms with Crippen LogP contribution in [0.15, 0.2) is 180 Å². The van der Waals surface area contributed by atoms with Crippen LogP contribution in [0.1, 0.15) is 11.8 Å². The molecule has 8 aromatic carbocycles. The average molecular weight is 734 g/mol. The number of aromatic nitrogens is 4. The van der Waals surface area contributed by atoms with Crippen LogP contribution in [0.2, 0.25) is 0 Å². The minimum absolute atomic E-state index is 0.325. The number of para-hydroxylation sites is 2. The number of nitrogens with zero attached hydrogens (tertiary/aromatic N) is 4. The molecule has 0 aliphatic carbocycles. The first-order valence-corrected chi connectivity index (χ1v) is 19.1. The van der Waals surface area contributed by atoms with E-state index in [4.69, 9.17) is 24.1 Å². The Hall–Kier alpha value is -7.77. The van der Waals surface area contributed by atoms with Gasteiger partial charge in [0.1, 0.15) is 17.0 Å². The fourth-order valence-corrected chi connectivity index (χ4v) is 8.57. The smallest absolute Gasteiger partial charge is 0.196 e. The van der Waals surface area contributed by atoms with Gasteiger partial charge in [0, 0.05) is 49.5 Å². The zero-order valence-corrected chi connectivity index (χ0v) is 30.4. The van der Waals surface area contributed by atoms with Gasteiger partial charge in [0.15, 0.2) is 29.3 Å². The van der Waals surface area contributed by atoms with Crippen LogP contribution >= 0.6 is 0 Å². The van der Waals surface area contributed by atoms with Crippen molar-refractivity contribution in [2.45, 2.75) is 6.23 Å². The van der Waals surface area contributed by atoms with Gasteiger partial charge in [0.2, 0.25) is 0 Å². The van der Waals surface area contributed by atoms with Crippen molar-refractivity contribution < 1.29 is 9.15 Å². The van der Waals surface area contributed by atoms with E-state index in [0.717, 1.165) is 93.9 Å². The lowest BCUT2D eigenvalue weighted by atomic mass is 9.97. The summed E-state index contributed by atoms with van der Waals surface area (Å²) in [6.45, 7) is 0. The molecule has 12 rings (SSSR count). The van der Waals surface area contributed by atoms with Crippen molar-refractivity contribution in [2.24, 2.45) is 0 Å². The van der Waals surface area contributed by atoms with E-state index in [1.807, 2.05) is 48.5 Å². The monoisotopic (exact) mass is 733 g/mol. The molecule has 1 N–H and O–H groups in total. The number of hydrogen-bond donors (Lipinski definition) is 1. The van der Waals surface area contributed by atoms with E-state index in [0.29, 0.717) is 17.5 Å². The van der Waals surface area contributed by atoms with Crippen LogP contribution in [0.25, 0.3) is 94.4 Å². The van der Waals surface area contributed by atoms with Crippen LogP contribution in [0.3, 0.4) is 0 Å². The van der Waals surface area contributed by atoms with Crippen LogP contribution in [0, 0.1) is 0 Å². The maximum atomic E-state index is 6.81. The quantitative estimate of drug-likeness (QED) is 0.190. The molecule has 268 valence electrons. The molecule has 57 heavy (non-hydrogen) atoms. The van der Waals surface area contributed by atoms with Gasteiger partial charge in [-0.25, -0.2) is 15.0 Å². The fraction of sp³-hybridized carbons (Fsp3) is 0.0200. The second kappa shape index (κ2) is 12.4. The van der Waals surface area contributed by atoms with E-state index in [9.17, 15) is 0 Å². The van der Waals surface area contributed by atoms with E-state index in [-0.39, 0.29) is 6.23 Å². The van der Waals surface area contributed by atoms with Gasteiger partial charge in [-0.05, 0) is 53.2 Å². The molecule has 0 saturated heterocycles. The number of nitrogens with one attached hydrogen (secondary N) is 1. The summed E-state index contributed by atoms with van der Waals surface area (Å²) in [5, 5.41) is 9.75. The van der Waals surface area contributed by atoms with E-state index in [2.05, 4.69) is 137 Å². The highest BCUT2D eigenvalue weighted by molar-refractivity contribution is 6.22. The summed E-state index contributed by atoms with van der Waals surface area (Å²) in [5.41, 5.74) is 9.35. The normalized spacial score (nSPS) is 13.7. The molecule has 1 aliphatic rings. The van der Waals surface area contributed by atoms with Crippen molar-refractivity contribution in [1.82, 2.24) is 19.5 Å². The van der Waals surface area contributed by atoms with Crippen LogP contribution in [-0.2, 0) is 0 Å². The Morgan fingerprint density at radius 3 is 2.05 bits per heavy atom. The Morgan fingerprint density at radius 1 is 0.526 bits per heavy atom. The molecule has 1 atom stereocenters. The summed E-state index contributed by atoms with van der Waals surface area (Å²) in [6.07, 6.45) is -0.325. The second-order valence-electron chi connectivity index (χ2n) is 14.4. The molecule has 0 radical (unpaired) electrons. The third-order valence-corrected chi connectivity index (χ3v) is 11.1. The van der Waals surface area contributed by atoms with Gasteiger partial charge in [0.05, 0.1) is 11.0 Å². The fourth-order valence-electron chi connectivity index (χ4n) is 8.57. The molecule has 4 heterocycles. The van der Waals surface area contributed by atoms with Gasteiger partial charge in [-0.2, -0.15) is 0 Å². The zero-order chi connectivity index (χ0) is 37.5. The first-order valence-electron chi connectivity index (χ1n) is 19.1. The Bertz CT molecular complexity index is 3360. The molecule has 7 heteroatoms. The molecule has 0 spiro atoms. The number of anilines is 1. The van der Waals surface area contributed by atoms with Gasteiger partial charge in [-0.1, -0.05) is 133 Å². The minimum atomic E-state index is -0.325. The summed E-state index contributed by atoms with van der Waals surface area (Å²) < 4.78 is 15.5. The maximum absolute atomic E-state index is 6.81. The van der Waals surface area contributed by atoms with Gasteiger partial charge >= 0.3 is 0 Å². The number of ether oxygens (including phenoxy) is 1. The molecule has 0 fully saturated rings. The SMILES string of the molecule is c1ccc(-c2nc(-c3c4ccccc4cc4oc5c6c(ccc5c34)OC(c3ccccc3)N6)nc(-c3cccc4c3c3ccccc3n4-c3ccccc3)n2)cc1. The van der Waals surface area contributed by atoms with Crippen LogP contribution in [0.5, 0.6) is 5.75 Å². The highest BCUT2D eigenvalue weighted by Crippen LogP contribution is 2.49. The minimum Gasteiger partial charge on any atom is -0.464 e. The Balaban J connectivity index is 1.14. The third-order valence-electron chi connectivity index (χ3n) is 11.1. The summed E-state index contributed by atoms with van der Waals surface area (Å²) >= 11 is 0. The Kier molecular flexibility index (Phi) is 6.85. The van der Waals surface area contributed by atoms with Crippen LogP contribution in [0.4, 0.5) is 5.69 Å². The molecule has 0 bridgehead atoms. The molecule has 3 aromatic heterocycles. The Morgan fingerprint density at radius 2 is 1.21 bits per heavy atom. The highest BCUT2D eigenvalue weighted by atomic mass is 16.5. The number of furan rings is 1. The van der Waals surface area contributed by atoms with Gasteiger partial charge in [-0.3, -0.25) is 0 Å². The van der Waals surface area contributed by atoms with Gasteiger partial charge < -0.3 is 19.0 Å². The van der Waals surface area contributed by atoms with E-state index >= 15 is 0 Å². The number of benzene rings is 8. The largest absolute Gasteiger partial charge is 0.464 e. The number of fused-ring (bicyclic) bond motifs is 9. The molecule has 1 unspecified atom stereocenters. The van der Waals surface area contributed by atoms with Crippen molar-refractivity contribution in [3.05, 3.63) is 181 Å². The predicted octanol–water partition coefficient (Wildman–Crippen LogP) is 12.5. The lowest BCUT2D eigenvalue weighted by Gasteiger charge is -2.12. The summed E-state index contributed by atoms with van der Waals surface area (Å²) in [5.74, 6) is 2.50. The number of rotatable bonds is 5. The van der Waals surface area contributed by atoms with Crippen molar-refractivity contribution in [3.63, 3.8) is 0 Å². The van der Waals surface area contributed by atoms with Gasteiger partial charge in [-0.15, -0.1) is 0 Å². The molecule has 11 aromatic rings. The standard InChI is InChI=1S/C50H31N5O2/c1-4-15-30(16-5-1)47-52-48(37-24-14-26-39-42(37)35-23-12-13-25-38(35)55(39)33-20-8-3-9-21-33)54-49(53-47)44-34-22-11-10-19-32(34)29-41-43(44)36-27-28-40-45(46(36)56-41)51-50(57-40)31-17-6-2-7-18-31/h1-29,50-51H. The Labute approximate surface area is 326 Å². The first kappa shape index (κ1) is 31.6. The van der Waals surface area contributed by atoms with Crippen molar-refractivity contribution >= 4 is 60.2 Å². The second-order valence-corrected chi connectivity index (χ2v) is 14.4. The van der Waals surface area contributed by atoms with Crippen molar-refractivity contribution in [2.75, 3.05) is 5.32 Å². The molecule has 0 amide bonds. The van der Waals surface area contributed by atoms with Gasteiger partial charge in [0.25, 0.3) is 0 Å². The van der Waals surface area contributed by atoms with Crippen molar-refractivity contribution in [1.29, 1.82) is 0 Å². The van der Waals surface area contributed by atoms with E-state index in [1.54, 1.807) is 0 Å². The zero-order valence-electron chi connectivity index (χ0n) is 30.4. The molecule has 0 saturated carbocycles. The number of hydrogen-bond acceptors (Lipinski definition) is 6. The third kappa shape index (κ3) is 4.89. The lowest BCUT2D eigenvalue weighted by Crippen LogP contribution is -2.09. The topological polar surface area (TPSA) is 78.0 Å².